The van der Waals surface area contributed by atoms with Crippen LogP contribution in [0.3, 0.4) is 0 Å². The van der Waals surface area contributed by atoms with Crippen LogP contribution in [-0.2, 0) is 4.79 Å². The second-order valence-corrected chi connectivity index (χ2v) is 4.98. The minimum absolute atomic E-state index is 0.0490. The summed E-state index contributed by atoms with van der Waals surface area (Å²) in [5.41, 5.74) is 0.726. The van der Waals surface area contributed by atoms with E-state index >= 15 is 0 Å². The van der Waals surface area contributed by atoms with Gasteiger partial charge in [0.05, 0.1) is 21.1 Å². The maximum Gasteiger partial charge on any atom is 0.228 e. The molecule has 1 aromatic carbocycles. The van der Waals surface area contributed by atoms with Crippen molar-refractivity contribution in [1.82, 2.24) is 5.32 Å². The minimum atomic E-state index is 0.0490. The lowest BCUT2D eigenvalue weighted by molar-refractivity contribution is -0.119. The quantitative estimate of drug-likeness (QED) is 0.882. The Kier molecular flexibility index (Phi) is 3.84. The highest BCUT2D eigenvalue weighted by Gasteiger charge is 2.22. The number of carbonyl (C=O) groups is 1. The van der Waals surface area contributed by atoms with E-state index in [1.54, 1.807) is 6.07 Å². The lowest BCUT2D eigenvalue weighted by atomic mass is 10.1. The van der Waals surface area contributed by atoms with E-state index in [2.05, 4.69) is 26.6 Å². The maximum absolute atomic E-state index is 11.9. The fourth-order valence-corrected chi connectivity index (χ4v) is 2.25. The number of hydrogen-bond donors (Lipinski definition) is 2. The van der Waals surface area contributed by atoms with Crippen LogP contribution in [0, 0.1) is 5.92 Å². The highest BCUT2D eigenvalue weighted by molar-refractivity contribution is 9.10. The van der Waals surface area contributed by atoms with Crippen LogP contribution in [0.2, 0.25) is 5.02 Å². The number of benzene rings is 1. The standard InChI is InChI=1S/C11H12BrClN2O/c12-10-8(13)2-1-3-9(10)15-11(16)7-4-5-14-6-7/h1-3,7,14H,4-6H2,(H,15,16). The lowest BCUT2D eigenvalue weighted by Gasteiger charge is -2.11. The van der Waals surface area contributed by atoms with Crippen LogP contribution in [0.15, 0.2) is 22.7 Å². The first-order valence-electron chi connectivity index (χ1n) is 5.14. The van der Waals surface area contributed by atoms with Gasteiger partial charge in [0, 0.05) is 6.54 Å². The Morgan fingerprint density at radius 1 is 1.56 bits per heavy atom. The Labute approximate surface area is 108 Å². The summed E-state index contributed by atoms with van der Waals surface area (Å²) in [7, 11) is 0. The zero-order valence-corrected chi connectivity index (χ0v) is 10.9. The molecule has 0 aliphatic carbocycles. The molecule has 86 valence electrons. The molecular weight excluding hydrogens is 291 g/mol. The third-order valence-corrected chi connectivity index (χ3v) is 4.04. The van der Waals surface area contributed by atoms with Gasteiger partial charge in [0.15, 0.2) is 0 Å². The zero-order chi connectivity index (χ0) is 11.5. The van der Waals surface area contributed by atoms with Crippen LogP contribution < -0.4 is 10.6 Å². The van der Waals surface area contributed by atoms with Gasteiger partial charge in [-0.15, -0.1) is 0 Å². The predicted octanol–water partition coefficient (Wildman–Crippen LogP) is 2.65. The largest absolute Gasteiger partial charge is 0.325 e. The third-order valence-electron chi connectivity index (χ3n) is 2.64. The van der Waals surface area contributed by atoms with Crippen LogP contribution in [0.1, 0.15) is 6.42 Å². The summed E-state index contributed by atoms with van der Waals surface area (Å²) in [5, 5.41) is 6.65. The van der Waals surface area contributed by atoms with Gasteiger partial charge in [-0.05, 0) is 41.0 Å². The molecule has 1 aliphatic heterocycles. The normalized spacial score (nSPS) is 19.8. The van der Waals surface area contributed by atoms with Gasteiger partial charge < -0.3 is 10.6 Å². The zero-order valence-electron chi connectivity index (χ0n) is 8.59. The molecule has 2 rings (SSSR count). The van der Waals surface area contributed by atoms with Crippen LogP contribution in [0.4, 0.5) is 5.69 Å². The minimum Gasteiger partial charge on any atom is -0.325 e. The smallest absolute Gasteiger partial charge is 0.228 e. The Bertz CT molecular complexity index is 405. The molecule has 0 aromatic heterocycles. The Balaban J connectivity index is 2.08. The van der Waals surface area contributed by atoms with Gasteiger partial charge in [0.25, 0.3) is 0 Å². The van der Waals surface area contributed by atoms with Crippen molar-refractivity contribution in [2.75, 3.05) is 18.4 Å². The summed E-state index contributed by atoms with van der Waals surface area (Å²) in [6, 6.07) is 5.42. The first-order valence-corrected chi connectivity index (χ1v) is 6.31. The summed E-state index contributed by atoms with van der Waals surface area (Å²) in [5.74, 6) is 0.110. The molecule has 1 fully saturated rings. The average Bonchev–Trinajstić information content (AvgIpc) is 2.78. The van der Waals surface area contributed by atoms with Gasteiger partial charge in [0.2, 0.25) is 5.91 Å². The van der Waals surface area contributed by atoms with Gasteiger partial charge >= 0.3 is 0 Å². The fourth-order valence-electron chi connectivity index (χ4n) is 1.71. The molecule has 3 nitrogen and oxygen atoms in total. The van der Waals surface area contributed by atoms with E-state index < -0.39 is 0 Å². The van der Waals surface area contributed by atoms with E-state index in [4.69, 9.17) is 11.6 Å². The second-order valence-electron chi connectivity index (χ2n) is 3.78. The molecule has 0 bridgehead atoms. The molecule has 1 amide bonds. The van der Waals surface area contributed by atoms with Gasteiger partial charge in [-0.25, -0.2) is 0 Å². The molecule has 1 aromatic rings. The van der Waals surface area contributed by atoms with Crippen molar-refractivity contribution in [3.05, 3.63) is 27.7 Å². The molecular formula is C11H12BrClN2O. The molecule has 1 unspecified atom stereocenters. The summed E-state index contributed by atoms with van der Waals surface area (Å²) in [6.07, 6.45) is 0.893. The topological polar surface area (TPSA) is 41.1 Å². The summed E-state index contributed by atoms with van der Waals surface area (Å²) >= 11 is 9.30. The van der Waals surface area contributed by atoms with Crippen molar-refractivity contribution in [2.24, 2.45) is 5.92 Å². The fraction of sp³-hybridized carbons (Fsp3) is 0.364. The summed E-state index contributed by atoms with van der Waals surface area (Å²) < 4.78 is 0.732. The van der Waals surface area contributed by atoms with Crippen molar-refractivity contribution in [3.8, 4) is 0 Å². The summed E-state index contributed by atoms with van der Waals surface area (Å²) in [6.45, 7) is 1.67. The molecule has 2 N–H and O–H groups in total. The van der Waals surface area contributed by atoms with E-state index in [-0.39, 0.29) is 11.8 Å². The van der Waals surface area contributed by atoms with Crippen molar-refractivity contribution in [1.29, 1.82) is 0 Å². The number of anilines is 1. The molecule has 1 saturated heterocycles. The molecule has 0 spiro atoms. The second kappa shape index (κ2) is 5.17. The Morgan fingerprint density at radius 3 is 3.06 bits per heavy atom. The van der Waals surface area contributed by atoms with Crippen LogP contribution in [-0.4, -0.2) is 19.0 Å². The van der Waals surface area contributed by atoms with Gasteiger partial charge in [0.1, 0.15) is 0 Å². The first kappa shape index (κ1) is 11.9. The number of hydrogen-bond acceptors (Lipinski definition) is 2. The van der Waals surface area contributed by atoms with Crippen LogP contribution >= 0.6 is 27.5 Å². The first-order chi connectivity index (χ1) is 7.68. The van der Waals surface area contributed by atoms with E-state index in [0.717, 1.165) is 29.7 Å². The summed E-state index contributed by atoms with van der Waals surface area (Å²) in [4.78, 5) is 11.9. The van der Waals surface area contributed by atoms with E-state index in [0.29, 0.717) is 5.02 Å². The monoisotopic (exact) mass is 302 g/mol. The van der Waals surface area contributed by atoms with Gasteiger partial charge in [-0.3, -0.25) is 4.79 Å². The highest BCUT2D eigenvalue weighted by atomic mass is 79.9. The van der Waals surface area contributed by atoms with Gasteiger partial charge in [-0.1, -0.05) is 17.7 Å². The Hall–Kier alpha value is -0.580. The third kappa shape index (κ3) is 2.56. The number of halogens is 2. The SMILES string of the molecule is O=C(Nc1cccc(Cl)c1Br)C1CCNC1. The number of carbonyl (C=O) groups excluding carboxylic acids is 1. The van der Waals surface area contributed by atoms with Crippen molar-refractivity contribution in [2.45, 2.75) is 6.42 Å². The molecule has 1 heterocycles. The van der Waals surface area contributed by atoms with Crippen LogP contribution in [0.25, 0.3) is 0 Å². The average molecular weight is 304 g/mol. The molecule has 1 aliphatic rings. The van der Waals surface area contributed by atoms with Crippen molar-refractivity contribution >= 4 is 39.1 Å². The predicted molar refractivity (Wildman–Crippen MR) is 68.8 cm³/mol. The molecule has 5 heteroatoms. The van der Waals surface area contributed by atoms with Crippen molar-refractivity contribution < 1.29 is 4.79 Å². The van der Waals surface area contributed by atoms with Crippen molar-refractivity contribution in [3.63, 3.8) is 0 Å². The molecule has 0 radical (unpaired) electrons. The van der Waals surface area contributed by atoms with E-state index in [1.165, 1.54) is 0 Å². The van der Waals surface area contributed by atoms with E-state index in [1.807, 2.05) is 12.1 Å². The van der Waals surface area contributed by atoms with Crippen LogP contribution in [0.5, 0.6) is 0 Å². The molecule has 16 heavy (non-hydrogen) atoms. The molecule has 1 atom stereocenters. The Morgan fingerprint density at radius 2 is 2.38 bits per heavy atom. The number of nitrogens with one attached hydrogen (secondary N) is 2. The molecule has 0 saturated carbocycles. The van der Waals surface area contributed by atoms with E-state index in [9.17, 15) is 4.79 Å². The maximum atomic E-state index is 11.9. The lowest BCUT2D eigenvalue weighted by Crippen LogP contribution is -2.24. The number of amides is 1. The van der Waals surface area contributed by atoms with Gasteiger partial charge in [-0.2, -0.15) is 0 Å². The highest BCUT2D eigenvalue weighted by Crippen LogP contribution is 2.30. The number of rotatable bonds is 2.